The van der Waals surface area contributed by atoms with E-state index in [0.717, 1.165) is 5.56 Å². The molecule has 0 saturated carbocycles. The highest BCUT2D eigenvalue weighted by molar-refractivity contribution is 7.89. The van der Waals surface area contributed by atoms with Gasteiger partial charge in [-0.25, -0.2) is 8.42 Å². The van der Waals surface area contributed by atoms with Gasteiger partial charge in [0.25, 0.3) is 0 Å². The molecule has 1 saturated heterocycles. The predicted molar refractivity (Wildman–Crippen MR) is 107 cm³/mol. The molecule has 1 amide bonds. The normalized spacial score (nSPS) is 15.6. The third kappa shape index (κ3) is 4.90. The fraction of sp³-hybridized carbons (Fsp3) is 0.211. The summed E-state index contributed by atoms with van der Waals surface area (Å²) in [6.07, 6.45) is 2.86. The number of hydrogen-bond donors (Lipinski definition) is 2. The number of phenolic OH excluding ortho intramolecular Hbond substituents is 1. The highest BCUT2D eigenvalue weighted by Gasteiger charge is 2.27. The number of sulfonamides is 1. The summed E-state index contributed by atoms with van der Waals surface area (Å²) in [5, 5.41) is 12.1. The van der Waals surface area contributed by atoms with Crippen molar-refractivity contribution in [3.05, 3.63) is 59.1 Å². The molecule has 148 valence electrons. The van der Waals surface area contributed by atoms with Crippen molar-refractivity contribution in [1.29, 1.82) is 0 Å². The highest BCUT2D eigenvalue weighted by Crippen LogP contribution is 2.27. The van der Waals surface area contributed by atoms with Crippen LogP contribution in [0.2, 0.25) is 5.02 Å². The molecule has 3 rings (SSSR count). The van der Waals surface area contributed by atoms with E-state index in [1.165, 1.54) is 40.7 Å². The van der Waals surface area contributed by atoms with Crippen LogP contribution in [0.1, 0.15) is 5.56 Å². The van der Waals surface area contributed by atoms with Gasteiger partial charge in [0.2, 0.25) is 15.9 Å². The lowest BCUT2D eigenvalue weighted by Crippen LogP contribution is -2.40. The van der Waals surface area contributed by atoms with Crippen LogP contribution >= 0.6 is 11.6 Å². The molecule has 0 radical (unpaired) electrons. The molecule has 0 aliphatic carbocycles. The lowest BCUT2D eigenvalue weighted by Gasteiger charge is -2.26. The van der Waals surface area contributed by atoms with E-state index in [9.17, 15) is 18.3 Å². The second-order valence-corrected chi connectivity index (χ2v) is 8.42. The van der Waals surface area contributed by atoms with E-state index in [2.05, 4.69) is 5.32 Å². The molecular weight excluding hydrogens is 404 g/mol. The summed E-state index contributed by atoms with van der Waals surface area (Å²) in [5.41, 5.74) is 0.930. The zero-order valence-electron chi connectivity index (χ0n) is 14.8. The minimum absolute atomic E-state index is 0.0524. The van der Waals surface area contributed by atoms with Gasteiger partial charge in [-0.2, -0.15) is 4.31 Å². The Morgan fingerprint density at radius 1 is 1.14 bits per heavy atom. The van der Waals surface area contributed by atoms with Crippen molar-refractivity contribution in [2.24, 2.45) is 0 Å². The number of nitrogens with zero attached hydrogens (tertiary/aromatic N) is 1. The van der Waals surface area contributed by atoms with Crippen molar-refractivity contribution in [2.75, 3.05) is 31.6 Å². The molecule has 2 aromatic carbocycles. The van der Waals surface area contributed by atoms with Crippen LogP contribution in [0.3, 0.4) is 0 Å². The molecule has 1 heterocycles. The van der Waals surface area contributed by atoms with Crippen LogP contribution in [-0.2, 0) is 19.6 Å². The summed E-state index contributed by atoms with van der Waals surface area (Å²) in [7, 11) is -3.69. The summed E-state index contributed by atoms with van der Waals surface area (Å²) in [5.74, 6) is -0.331. The Balaban J connectivity index is 1.75. The Bertz CT molecular complexity index is 984. The van der Waals surface area contributed by atoms with Crippen LogP contribution in [0.4, 0.5) is 5.69 Å². The van der Waals surface area contributed by atoms with Crippen molar-refractivity contribution < 1.29 is 23.1 Å². The van der Waals surface area contributed by atoms with Gasteiger partial charge in [-0.05, 0) is 42.0 Å². The summed E-state index contributed by atoms with van der Waals surface area (Å²) >= 11 is 6.12. The van der Waals surface area contributed by atoms with Crippen molar-refractivity contribution in [2.45, 2.75) is 4.90 Å². The number of halogens is 1. The van der Waals surface area contributed by atoms with Gasteiger partial charge in [0.15, 0.2) is 0 Å². The summed E-state index contributed by atoms with van der Waals surface area (Å²) < 4.78 is 32.0. The van der Waals surface area contributed by atoms with Gasteiger partial charge in [0, 0.05) is 19.2 Å². The number of anilines is 1. The van der Waals surface area contributed by atoms with Crippen molar-refractivity contribution in [1.82, 2.24) is 4.31 Å². The monoisotopic (exact) mass is 422 g/mol. The smallest absolute Gasteiger partial charge is 0.248 e. The van der Waals surface area contributed by atoms with E-state index in [1.807, 2.05) is 0 Å². The quantitative estimate of drug-likeness (QED) is 0.722. The molecule has 9 heteroatoms. The second kappa shape index (κ2) is 8.74. The number of carbonyl (C=O) groups excluding carboxylic acids is 1. The van der Waals surface area contributed by atoms with Crippen LogP contribution in [0.25, 0.3) is 6.08 Å². The molecule has 0 unspecified atom stereocenters. The standard InChI is InChI=1S/C19H19ClN2O5S/c20-17-7-6-16(28(25,26)22-9-11-27-12-10-22)13-18(17)21-19(24)8-3-14-1-4-15(23)5-2-14/h1-8,13,23H,9-12H2,(H,21,24)/b8-3+. The van der Waals surface area contributed by atoms with Crippen LogP contribution in [0.15, 0.2) is 53.4 Å². The van der Waals surface area contributed by atoms with E-state index < -0.39 is 15.9 Å². The number of morpholine rings is 1. The Kier molecular flexibility index (Phi) is 6.35. The van der Waals surface area contributed by atoms with E-state index in [1.54, 1.807) is 18.2 Å². The van der Waals surface area contributed by atoms with Crippen LogP contribution in [-0.4, -0.2) is 50.0 Å². The van der Waals surface area contributed by atoms with Gasteiger partial charge < -0.3 is 15.2 Å². The maximum Gasteiger partial charge on any atom is 0.248 e. The third-order valence-electron chi connectivity index (χ3n) is 4.12. The van der Waals surface area contributed by atoms with E-state index in [4.69, 9.17) is 16.3 Å². The van der Waals surface area contributed by atoms with Gasteiger partial charge in [-0.3, -0.25) is 4.79 Å². The fourth-order valence-electron chi connectivity index (χ4n) is 2.63. The minimum atomic E-state index is -3.69. The number of benzene rings is 2. The average molecular weight is 423 g/mol. The molecule has 0 spiro atoms. The van der Waals surface area contributed by atoms with Gasteiger partial charge in [0.1, 0.15) is 5.75 Å². The maximum absolute atomic E-state index is 12.8. The number of rotatable bonds is 5. The average Bonchev–Trinajstić information content (AvgIpc) is 2.70. The number of aromatic hydroxyl groups is 1. The second-order valence-electron chi connectivity index (χ2n) is 6.07. The molecule has 1 aliphatic heterocycles. The molecule has 2 aromatic rings. The number of nitrogens with one attached hydrogen (secondary N) is 1. The maximum atomic E-state index is 12.8. The molecule has 1 aliphatic rings. The molecule has 7 nitrogen and oxygen atoms in total. The van der Waals surface area contributed by atoms with E-state index in [0.29, 0.717) is 13.2 Å². The Hall–Kier alpha value is -2.39. The van der Waals surface area contributed by atoms with Crippen LogP contribution in [0, 0.1) is 0 Å². The topological polar surface area (TPSA) is 95.9 Å². The molecule has 0 atom stereocenters. The van der Waals surface area contributed by atoms with Gasteiger partial charge in [0.05, 0.1) is 28.8 Å². The number of carbonyl (C=O) groups is 1. The molecular formula is C19H19ClN2O5S. The lowest BCUT2D eigenvalue weighted by molar-refractivity contribution is -0.111. The van der Waals surface area contributed by atoms with Gasteiger partial charge >= 0.3 is 0 Å². The predicted octanol–water partition coefficient (Wildman–Crippen LogP) is 2.72. The largest absolute Gasteiger partial charge is 0.508 e. The Morgan fingerprint density at radius 3 is 2.50 bits per heavy atom. The molecule has 28 heavy (non-hydrogen) atoms. The van der Waals surface area contributed by atoms with Crippen LogP contribution < -0.4 is 5.32 Å². The fourth-order valence-corrected chi connectivity index (χ4v) is 4.23. The SMILES string of the molecule is O=C(/C=C/c1ccc(O)cc1)Nc1cc(S(=O)(=O)N2CCOCC2)ccc1Cl. The zero-order chi connectivity index (χ0) is 20.1. The number of hydrogen-bond acceptors (Lipinski definition) is 5. The van der Waals surface area contributed by atoms with Crippen molar-refractivity contribution in [3.8, 4) is 5.75 Å². The third-order valence-corrected chi connectivity index (χ3v) is 6.35. The summed E-state index contributed by atoms with van der Waals surface area (Å²) in [6.45, 7) is 1.25. The molecule has 0 aromatic heterocycles. The van der Waals surface area contributed by atoms with Gasteiger partial charge in [-0.1, -0.05) is 23.7 Å². The zero-order valence-corrected chi connectivity index (χ0v) is 16.4. The highest BCUT2D eigenvalue weighted by atomic mass is 35.5. The molecule has 0 bridgehead atoms. The molecule has 1 fully saturated rings. The first-order chi connectivity index (χ1) is 13.4. The Morgan fingerprint density at radius 2 is 1.82 bits per heavy atom. The number of amides is 1. The lowest BCUT2D eigenvalue weighted by atomic mass is 10.2. The van der Waals surface area contributed by atoms with Crippen molar-refractivity contribution >= 4 is 39.3 Å². The molecule has 2 N–H and O–H groups in total. The van der Waals surface area contributed by atoms with Crippen molar-refractivity contribution in [3.63, 3.8) is 0 Å². The first-order valence-electron chi connectivity index (χ1n) is 8.52. The first kappa shape index (κ1) is 20.3. The summed E-state index contributed by atoms with van der Waals surface area (Å²) in [6, 6.07) is 10.5. The Labute approximate surface area is 168 Å². The number of phenols is 1. The minimum Gasteiger partial charge on any atom is -0.508 e. The first-order valence-corrected chi connectivity index (χ1v) is 10.3. The van der Waals surface area contributed by atoms with E-state index >= 15 is 0 Å². The van der Waals surface area contributed by atoms with Crippen LogP contribution in [0.5, 0.6) is 5.75 Å². The summed E-state index contributed by atoms with van der Waals surface area (Å²) in [4.78, 5) is 12.2. The van der Waals surface area contributed by atoms with Gasteiger partial charge in [-0.15, -0.1) is 0 Å². The van der Waals surface area contributed by atoms with E-state index in [-0.39, 0.29) is 34.4 Å². The number of ether oxygens (including phenoxy) is 1.